The summed E-state index contributed by atoms with van der Waals surface area (Å²) in [6.45, 7) is 31.8. The number of hydrogen-bond acceptors (Lipinski definition) is 4. The minimum atomic E-state index is -0.860. The molecule has 1 atom stereocenters. The average Bonchev–Trinajstić information content (AvgIpc) is 2.64. The average molecular weight is 528 g/mol. The number of carboxylic acids is 1. The van der Waals surface area contributed by atoms with Gasteiger partial charge in [-0.3, -0.25) is 9.59 Å². The van der Waals surface area contributed by atoms with Gasteiger partial charge in [-0.2, -0.15) is 0 Å². The molecule has 0 heterocycles. The van der Waals surface area contributed by atoms with E-state index in [2.05, 4.69) is 74.6 Å². The topological polar surface area (TPSA) is 84.9 Å². The third kappa shape index (κ3) is 12.5. The van der Waals surface area contributed by atoms with Crippen LogP contribution in [0.4, 0.5) is 0 Å². The van der Waals surface area contributed by atoms with Crippen LogP contribution in [0.25, 0.3) is 0 Å². The van der Waals surface area contributed by atoms with Crippen LogP contribution in [-0.2, 0) is 19.1 Å². The molecule has 220 valence electrons. The zero-order chi connectivity index (χ0) is 29.5. The van der Waals surface area contributed by atoms with Crippen LogP contribution in [0.1, 0.15) is 129 Å². The fourth-order valence-electron chi connectivity index (χ4n) is 5.27. The summed E-state index contributed by atoms with van der Waals surface area (Å²) in [4.78, 5) is 24.5. The van der Waals surface area contributed by atoms with Crippen LogP contribution in [-0.4, -0.2) is 47.9 Å². The Kier molecular flexibility index (Phi) is 12.9. The van der Waals surface area contributed by atoms with Gasteiger partial charge in [0.1, 0.15) is 0 Å². The molecule has 37 heavy (non-hydrogen) atoms. The van der Waals surface area contributed by atoms with Crippen LogP contribution in [0, 0.1) is 27.6 Å². The molecule has 0 saturated heterocycles. The summed E-state index contributed by atoms with van der Waals surface area (Å²) in [5.41, 5.74) is -1.11. The van der Waals surface area contributed by atoms with Crippen molar-refractivity contribution in [3.8, 4) is 0 Å². The number of carbonyl (C=O) groups is 2. The van der Waals surface area contributed by atoms with Crippen molar-refractivity contribution in [2.75, 3.05) is 19.8 Å². The fraction of sp³-hybridized carbons (Fsp3) is 0.935. The summed E-state index contributed by atoms with van der Waals surface area (Å²) >= 11 is 0. The third-order valence-electron chi connectivity index (χ3n) is 8.62. The number of amides is 1. The van der Waals surface area contributed by atoms with E-state index >= 15 is 0 Å². The number of nitrogens with one attached hydrogen (secondary N) is 1. The van der Waals surface area contributed by atoms with Crippen LogP contribution in [0.5, 0.6) is 0 Å². The van der Waals surface area contributed by atoms with Crippen LogP contribution >= 0.6 is 0 Å². The Morgan fingerprint density at radius 1 is 0.784 bits per heavy atom. The van der Waals surface area contributed by atoms with Gasteiger partial charge >= 0.3 is 5.97 Å². The van der Waals surface area contributed by atoms with E-state index in [1.54, 1.807) is 0 Å². The van der Waals surface area contributed by atoms with E-state index in [4.69, 9.17) is 14.6 Å². The van der Waals surface area contributed by atoms with Crippen LogP contribution < -0.4 is 5.32 Å². The highest BCUT2D eigenvalue weighted by atomic mass is 16.5. The van der Waals surface area contributed by atoms with Gasteiger partial charge < -0.3 is 19.9 Å². The Morgan fingerprint density at radius 2 is 1.27 bits per heavy atom. The number of carbonyl (C=O) groups excluding carboxylic acids is 1. The predicted molar refractivity (Wildman–Crippen MR) is 154 cm³/mol. The van der Waals surface area contributed by atoms with Gasteiger partial charge in [0.05, 0.1) is 30.8 Å². The minimum absolute atomic E-state index is 0.00472. The summed E-state index contributed by atoms with van der Waals surface area (Å²) in [6, 6.07) is 0. The zero-order valence-corrected chi connectivity index (χ0v) is 26.8. The molecule has 0 fully saturated rings. The van der Waals surface area contributed by atoms with Gasteiger partial charge in [-0.05, 0) is 68.6 Å². The maximum atomic E-state index is 13.8. The van der Waals surface area contributed by atoms with Gasteiger partial charge in [0.25, 0.3) is 0 Å². The number of rotatable bonds is 17. The summed E-state index contributed by atoms with van der Waals surface area (Å²) in [5, 5.41) is 12.1. The number of ether oxygens (including phenoxy) is 2. The first kappa shape index (κ1) is 35.9. The number of aliphatic carboxylic acids is 1. The monoisotopic (exact) mass is 527 g/mol. The number of hydrogen-bond donors (Lipinski definition) is 2. The fourth-order valence-corrected chi connectivity index (χ4v) is 5.27. The minimum Gasteiger partial charge on any atom is -0.481 e. The van der Waals surface area contributed by atoms with Crippen molar-refractivity contribution in [2.45, 2.75) is 140 Å². The Bertz CT molecular complexity index is 728. The maximum absolute atomic E-state index is 13.8. The molecule has 0 rings (SSSR count). The summed E-state index contributed by atoms with van der Waals surface area (Å²) in [5.74, 6) is -0.875. The van der Waals surface area contributed by atoms with Crippen molar-refractivity contribution < 1.29 is 24.2 Å². The van der Waals surface area contributed by atoms with E-state index in [1.807, 2.05) is 27.7 Å². The smallest absolute Gasteiger partial charge is 0.305 e. The quantitative estimate of drug-likeness (QED) is 0.205. The van der Waals surface area contributed by atoms with Crippen molar-refractivity contribution in [1.29, 1.82) is 0 Å². The molecule has 0 aliphatic rings. The van der Waals surface area contributed by atoms with Gasteiger partial charge in [0.2, 0.25) is 5.91 Å². The zero-order valence-electron chi connectivity index (χ0n) is 26.8. The first-order chi connectivity index (χ1) is 16.4. The molecule has 0 radical (unpaired) electrons. The molecule has 1 amide bonds. The predicted octanol–water partition coefficient (Wildman–Crippen LogP) is 7.49. The second-order valence-electron chi connectivity index (χ2n) is 15.2. The SMILES string of the molecule is CCC(C)(C)CC(C)(C)C(C(=O)NCCC(C)(C)OCCC(C)(C)OCCC(=O)O)C(C)(C)C(C)(C)C. The van der Waals surface area contributed by atoms with Crippen LogP contribution in [0.2, 0.25) is 0 Å². The Labute approximate surface area is 229 Å². The van der Waals surface area contributed by atoms with E-state index < -0.39 is 17.2 Å². The molecule has 0 aromatic carbocycles. The lowest BCUT2D eigenvalue weighted by Crippen LogP contribution is -2.53. The third-order valence-corrected chi connectivity index (χ3v) is 8.62. The molecule has 1 unspecified atom stereocenters. The molecular formula is C31H61NO5. The van der Waals surface area contributed by atoms with Crippen molar-refractivity contribution in [3.05, 3.63) is 0 Å². The molecule has 0 aliphatic carbocycles. The molecule has 0 bridgehead atoms. The highest BCUT2D eigenvalue weighted by Crippen LogP contribution is 2.54. The highest BCUT2D eigenvalue weighted by molar-refractivity contribution is 5.80. The van der Waals surface area contributed by atoms with Gasteiger partial charge in [-0.1, -0.05) is 75.7 Å². The normalized spacial score (nSPS) is 15.0. The summed E-state index contributed by atoms with van der Waals surface area (Å²) in [7, 11) is 0. The van der Waals surface area contributed by atoms with Crippen molar-refractivity contribution in [2.24, 2.45) is 27.6 Å². The van der Waals surface area contributed by atoms with Gasteiger partial charge in [-0.25, -0.2) is 0 Å². The Balaban J connectivity index is 5.23. The largest absolute Gasteiger partial charge is 0.481 e. The lowest BCUT2D eigenvalue weighted by Gasteiger charge is -2.52. The molecule has 6 nitrogen and oxygen atoms in total. The molecule has 0 spiro atoms. The Hall–Kier alpha value is -1.14. The first-order valence-corrected chi connectivity index (χ1v) is 14.2. The second kappa shape index (κ2) is 13.3. The summed E-state index contributed by atoms with van der Waals surface area (Å²) in [6.07, 6.45) is 3.41. The van der Waals surface area contributed by atoms with Crippen molar-refractivity contribution in [3.63, 3.8) is 0 Å². The van der Waals surface area contributed by atoms with Gasteiger partial charge in [0.15, 0.2) is 0 Å². The van der Waals surface area contributed by atoms with E-state index in [-0.39, 0.29) is 46.5 Å². The van der Waals surface area contributed by atoms with Crippen molar-refractivity contribution in [1.82, 2.24) is 5.32 Å². The highest BCUT2D eigenvalue weighted by Gasteiger charge is 2.51. The Morgan fingerprint density at radius 3 is 1.73 bits per heavy atom. The van der Waals surface area contributed by atoms with E-state index in [0.29, 0.717) is 26.0 Å². The van der Waals surface area contributed by atoms with E-state index in [1.165, 1.54) is 0 Å². The summed E-state index contributed by atoms with van der Waals surface area (Å²) < 4.78 is 11.9. The lowest BCUT2D eigenvalue weighted by atomic mass is 9.52. The molecule has 0 aromatic heterocycles. The molecule has 6 heteroatoms. The number of carboxylic acid groups (broad SMARTS) is 1. The molecule has 0 aromatic rings. The molecule has 0 aliphatic heterocycles. The lowest BCUT2D eigenvalue weighted by molar-refractivity contribution is -0.141. The van der Waals surface area contributed by atoms with Gasteiger partial charge in [-0.15, -0.1) is 0 Å². The van der Waals surface area contributed by atoms with Crippen LogP contribution in [0.15, 0.2) is 0 Å². The van der Waals surface area contributed by atoms with Crippen LogP contribution in [0.3, 0.4) is 0 Å². The van der Waals surface area contributed by atoms with Crippen molar-refractivity contribution >= 4 is 11.9 Å². The first-order valence-electron chi connectivity index (χ1n) is 14.2. The second-order valence-corrected chi connectivity index (χ2v) is 15.2. The van der Waals surface area contributed by atoms with E-state index in [9.17, 15) is 9.59 Å². The standard InChI is InChI=1S/C31H61NO5/c1-15-27(5,6)22-28(7,8)24(31(13,14)26(2,3)4)25(35)32-19-17-29(9,10)37-21-18-30(11,12)36-20-16-23(33)34/h24H,15-22H2,1-14H3,(H,32,35)(H,33,34). The maximum Gasteiger partial charge on any atom is 0.305 e. The molecule has 2 N–H and O–H groups in total. The van der Waals surface area contributed by atoms with Gasteiger partial charge in [0, 0.05) is 12.5 Å². The molecular weight excluding hydrogens is 466 g/mol. The van der Waals surface area contributed by atoms with E-state index in [0.717, 1.165) is 12.8 Å². The molecule has 0 saturated carbocycles.